The van der Waals surface area contributed by atoms with E-state index >= 15 is 0 Å². The molecule has 0 bridgehead atoms. The molecule has 0 amide bonds. The summed E-state index contributed by atoms with van der Waals surface area (Å²) < 4.78 is 10.8. The third kappa shape index (κ3) is 1.97. The van der Waals surface area contributed by atoms with Crippen molar-refractivity contribution < 1.29 is 14.3 Å². The molecule has 15 heavy (non-hydrogen) atoms. The first-order valence-corrected chi connectivity index (χ1v) is 4.98. The van der Waals surface area contributed by atoms with Crippen LogP contribution in [0.1, 0.15) is 19.4 Å². The van der Waals surface area contributed by atoms with Gasteiger partial charge in [0.05, 0.1) is 19.0 Å². The van der Waals surface area contributed by atoms with Gasteiger partial charge in [-0.15, -0.1) is 0 Å². The van der Waals surface area contributed by atoms with Crippen LogP contribution in [0.25, 0.3) is 11.0 Å². The number of hydrogen-bond acceptors (Lipinski definition) is 3. The number of ether oxygens (including phenoxy) is 1. The summed E-state index contributed by atoms with van der Waals surface area (Å²) in [6, 6.07) is 5.32. The number of aromatic hydroxyl groups is 1. The Morgan fingerprint density at radius 3 is 2.93 bits per heavy atom. The normalized spacial score (nSPS) is 11.4. The maximum absolute atomic E-state index is 9.53. The molecule has 3 nitrogen and oxygen atoms in total. The van der Waals surface area contributed by atoms with Gasteiger partial charge in [-0.3, -0.25) is 0 Å². The van der Waals surface area contributed by atoms with E-state index in [4.69, 9.17) is 9.15 Å². The van der Waals surface area contributed by atoms with E-state index in [0.717, 1.165) is 10.9 Å². The zero-order valence-corrected chi connectivity index (χ0v) is 8.86. The van der Waals surface area contributed by atoms with E-state index in [9.17, 15) is 5.11 Å². The Kier molecular flexibility index (Phi) is 2.64. The zero-order chi connectivity index (χ0) is 10.8. The SMILES string of the molecule is CC(C)OCc1coc2c(O)cccc12. The van der Waals surface area contributed by atoms with Crippen molar-refractivity contribution in [3.8, 4) is 5.75 Å². The molecule has 3 heteroatoms. The molecule has 1 aromatic heterocycles. The van der Waals surface area contributed by atoms with Crippen LogP contribution in [0.2, 0.25) is 0 Å². The molecule has 0 saturated heterocycles. The highest BCUT2D eigenvalue weighted by molar-refractivity contribution is 5.85. The van der Waals surface area contributed by atoms with Crippen LogP contribution in [0.4, 0.5) is 0 Å². The highest BCUT2D eigenvalue weighted by Crippen LogP contribution is 2.29. The molecule has 2 aromatic rings. The van der Waals surface area contributed by atoms with Crippen LogP contribution in [0.5, 0.6) is 5.75 Å². The van der Waals surface area contributed by atoms with E-state index in [1.807, 2.05) is 19.9 Å². The lowest BCUT2D eigenvalue weighted by Crippen LogP contribution is -2.01. The van der Waals surface area contributed by atoms with Crippen molar-refractivity contribution >= 4 is 11.0 Å². The average molecular weight is 206 g/mol. The molecule has 0 saturated carbocycles. The first kappa shape index (κ1) is 10.1. The van der Waals surface area contributed by atoms with Gasteiger partial charge in [0.15, 0.2) is 11.3 Å². The van der Waals surface area contributed by atoms with E-state index in [1.54, 1.807) is 18.4 Å². The van der Waals surface area contributed by atoms with Gasteiger partial charge in [0.25, 0.3) is 0 Å². The van der Waals surface area contributed by atoms with Gasteiger partial charge in [0.2, 0.25) is 0 Å². The topological polar surface area (TPSA) is 42.6 Å². The van der Waals surface area contributed by atoms with Gasteiger partial charge in [-0.25, -0.2) is 0 Å². The zero-order valence-electron chi connectivity index (χ0n) is 8.86. The largest absolute Gasteiger partial charge is 0.504 e. The molecular formula is C12H14O3. The van der Waals surface area contributed by atoms with Crippen LogP contribution < -0.4 is 0 Å². The molecule has 0 unspecified atom stereocenters. The summed E-state index contributed by atoms with van der Waals surface area (Å²) >= 11 is 0. The number of benzene rings is 1. The van der Waals surface area contributed by atoms with Crippen LogP contribution in [0.3, 0.4) is 0 Å². The Balaban J connectivity index is 2.33. The monoisotopic (exact) mass is 206 g/mol. The van der Waals surface area contributed by atoms with E-state index < -0.39 is 0 Å². The number of phenolic OH excluding ortho intramolecular Hbond substituents is 1. The molecule has 0 spiro atoms. The maximum atomic E-state index is 9.53. The van der Waals surface area contributed by atoms with Crippen LogP contribution in [-0.2, 0) is 11.3 Å². The smallest absolute Gasteiger partial charge is 0.175 e. The number of rotatable bonds is 3. The fourth-order valence-corrected chi connectivity index (χ4v) is 1.46. The summed E-state index contributed by atoms with van der Waals surface area (Å²) in [5.41, 5.74) is 1.49. The van der Waals surface area contributed by atoms with Crippen molar-refractivity contribution in [1.82, 2.24) is 0 Å². The minimum absolute atomic E-state index is 0.170. The fraction of sp³-hybridized carbons (Fsp3) is 0.333. The van der Waals surface area contributed by atoms with Crippen LogP contribution in [-0.4, -0.2) is 11.2 Å². The average Bonchev–Trinajstić information content (AvgIpc) is 2.59. The summed E-state index contributed by atoms with van der Waals surface area (Å²) in [7, 11) is 0. The van der Waals surface area contributed by atoms with Gasteiger partial charge in [-0.1, -0.05) is 12.1 Å². The molecule has 80 valence electrons. The Hall–Kier alpha value is -1.48. The molecule has 2 rings (SSSR count). The van der Waals surface area contributed by atoms with Crippen molar-refractivity contribution in [2.45, 2.75) is 26.6 Å². The van der Waals surface area contributed by atoms with Gasteiger partial charge in [0.1, 0.15) is 0 Å². The Morgan fingerprint density at radius 2 is 2.20 bits per heavy atom. The molecular weight excluding hydrogens is 192 g/mol. The van der Waals surface area contributed by atoms with Gasteiger partial charge in [-0.2, -0.15) is 0 Å². The first-order chi connectivity index (χ1) is 7.18. The van der Waals surface area contributed by atoms with E-state index in [-0.39, 0.29) is 11.9 Å². The molecule has 0 aliphatic carbocycles. The van der Waals surface area contributed by atoms with Crippen LogP contribution >= 0.6 is 0 Å². The molecule has 0 aliphatic heterocycles. The molecule has 0 aliphatic rings. The molecule has 0 radical (unpaired) electrons. The Bertz CT molecular complexity index is 457. The lowest BCUT2D eigenvalue weighted by atomic mass is 10.2. The van der Waals surface area contributed by atoms with Gasteiger partial charge in [-0.05, 0) is 19.9 Å². The van der Waals surface area contributed by atoms with E-state index in [2.05, 4.69) is 0 Å². The first-order valence-electron chi connectivity index (χ1n) is 4.98. The van der Waals surface area contributed by atoms with Crippen molar-refractivity contribution in [2.24, 2.45) is 0 Å². The summed E-state index contributed by atoms with van der Waals surface area (Å²) in [6.45, 7) is 4.48. The van der Waals surface area contributed by atoms with Crippen molar-refractivity contribution in [1.29, 1.82) is 0 Å². The minimum Gasteiger partial charge on any atom is -0.504 e. The third-order valence-corrected chi connectivity index (χ3v) is 2.23. The van der Waals surface area contributed by atoms with Gasteiger partial charge < -0.3 is 14.3 Å². The number of furan rings is 1. The number of phenols is 1. The summed E-state index contributed by atoms with van der Waals surface area (Å²) in [5, 5.41) is 10.4. The predicted octanol–water partition coefficient (Wildman–Crippen LogP) is 3.06. The van der Waals surface area contributed by atoms with Gasteiger partial charge >= 0.3 is 0 Å². The molecule has 1 N–H and O–H groups in total. The maximum Gasteiger partial charge on any atom is 0.175 e. The molecule has 1 aromatic carbocycles. The van der Waals surface area contributed by atoms with Crippen molar-refractivity contribution in [3.63, 3.8) is 0 Å². The Labute approximate surface area is 88.3 Å². The highest BCUT2D eigenvalue weighted by atomic mass is 16.5. The number of hydrogen-bond donors (Lipinski definition) is 1. The molecule has 1 heterocycles. The lowest BCUT2D eigenvalue weighted by Gasteiger charge is -2.05. The van der Waals surface area contributed by atoms with E-state index in [0.29, 0.717) is 12.2 Å². The second-order valence-electron chi connectivity index (χ2n) is 3.77. The highest BCUT2D eigenvalue weighted by Gasteiger charge is 2.09. The fourth-order valence-electron chi connectivity index (χ4n) is 1.46. The quantitative estimate of drug-likeness (QED) is 0.839. The van der Waals surface area contributed by atoms with Gasteiger partial charge in [0, 0.05) is 10.9 Å². The predicted molar refractivity (Wildman–Crippen MR) is 57.8 cm³/mol. The van der Waals surface area contributed by atoms with Crippen LogP contribution in [0.15, 0.2) is 28.9 Å². The Morgan fingerprint density at radius 1 is 1.40 bits per heavy atom. The summed E-state index contributed by atoms with van der Waals surface area (Å²) in [5.74, 6) is 0.170. The van der Waals surface area contributed by atoms with Crippen molar-refractivity contribution in [3.05, 3.63) is 30.0 Å². The summed E-state index contributed by atoms with van der Waals surface area (Å²) in [6.07, 6.45) is 1.82. The third-order valence-electron chi connectivity index (χ3n) is 2.23. The molecule has 0 fully saturated rings. The summed E-state index contributed by atoms with van der Waals surface area (Å²) in [4.78, 5) is 0. The second kappa shape index (κ2) is 3.95. The van der Waals surface area contributed by atoms with Crippen molar-refractivity contribution in [2.75, 3.05) is 0 Å². The van der Waals surface area contributed by atoms with Crippen LogP contribution in [0, 0.1) is 0 Å². The number of para-hydroxylation sites is 1. The van der Waals surface area contributed by atoms with E-state index in [1.165, 1.54) is 0 Å². The standard InChI is InChI=1S/C12H14O3/c1-8(2)14-6-9-7-15-12-10(9)4-3-5-11(12)13/h3-5,7-8,13H,6H2,1-2H3. The second-order valence-corrected chi connectivity index (χ2v) is 3.77. The number of fused-ring (bicyclic) bond motifs is 1. The lowest BCUT2D eigenvalue weighted by molar-refractivity contribution is 0.0660. The molecule has 0 atom stereocenters. The minimum atomic E-state index is 0.170.